The highest BCUT2D eigenvalue weighted by atomic mass is 32.1. The number of aliphatic hydroxyl groups excluding tert-OH is 2. The van der Waals surface area contributed by atoms with E-state index < -0.39 is 6.10 Å². The van der Waals surface area contributed by atoms with E-state index in [9.17, 15) is 5.11 Å². The van der Waals surface area contributed by atoms with Gasteiger partial charge in [-0.05, 0) is 31.1 Å². The van der Waals surface area contributed by atoms with Crippen LogP contribution in [0.5, 0.6) is 0 Å². The van der Waals surface area contributed by atoms with Crippen molar-refractivity contribution in [3.05, 3.63) is 23.2 Å². The minimum atomic E-state index is -0.804. The molecule has 19 heavy (non-hydrogen) atoms. The van der Waals surface area contributed by atoms with E-state index >= 15 is 0 Å². The molecule has 0 spiro atoms. The van der Waals surface area contributed by atoms with Gasteiger partial charge in [0, 0.05) is 6.54 Å². The Morgan fingerprint density at radius 2 is 2.26 bits per heavy atom. The van der Waals surface area contributed by atoms with Crippen LogP contribution in [0.25, 0.3) is 10.6 Å². The van der Waals surface area contributed by atoms with Crippen molar-refractivity contribution in [3.8, 4) is 10.6 Å². The van der Waals surface area contributed by atoms with Gasteiger partial charge < -0.3 is 15.1 Å². The molecule has 2 aromatic rings. The Morgan fingerprint density at radius 1 is 1.47 bits per heavy atom. The second kappa shape index (κ2) is 6.25. The van der Waals surface area contributed by atoms with E-state index in [1.54, 1.807) is 22.2 Å². The first kappa shape index (κ1) is 14.1. The van der Waals surface area contributed by atoms with Crippen LogP contribution < -0.4 is 0 Å². The van der Waals surface area contributed by atoms with Gasteiger partial charge in [0.1, 0.15) is 5.69 Å². The van der Waals surface area contributed by atoms with Gasteiger partial charge in [-0.1, -0.05) is 5.21 Å². The van der Waals surface area contributed by atoms with Gasteiger partial charge in [0.15, 0.2) is 0 Å². The standard InChI is InChI=1S/C12H18N4O2S/c1-15(2)4-9-3-12(19-8-9)11-6-16(14-13-11)5-10(18)7-17/h3,6,8,10,17-18H,4-5,7H2,1-2H3/t10-/m1/s1. The number of rotatable bonds is 6. The van der Waals surface area contributed by atoms with E-state index in [0.717, 1.165) is 17.1 Å². The molecule has 0 aromatic carbocycles. The van der Waals surface area contributed by atoms with Crippen molar-refractivity contribution in [2.24, 2.45) is 0 Å². The van der Waals surface area contributed by atoms with Gasteiger partial charge in [0.25, 0.3) is 0 Å². The fourth-order valence-electron chi connectivity index (χ4n) is 1.73. The third kappa shape index (κ3) is 3.84. The summed E-state index contributed by atoms with van der Waals surface area (Å²) in [5, 5.41) is 28.3. The van der Waals surface area contributed by atoms with E-state index in [1.165, 1.54) is 5.56 Å². The largest absolute Gasteiger partial charge is 0.394 e. The normalized spacial score (nSPS) is 13.1. The Hall–Kier alpha value is -1.28. The monoisotopic (exact) mass is 282 g/mol. The van der Waals surface area contributed by atoms with Crippen molar-refractivity contribution >= 4 is 11.3 Å². The van der Waals surface area contributed by atoms with E-state index in [1.807, 2.05) is 14.1 Å². The summed E-state index contributed by atoms with van der Waals surface area (Å²) in [5.74, 6) is 0. The van der Waals surface area contributed by atoms with Gasteiger partial charge >= 0.3 is 0 Å². The molecule has 104 valence electrons. The predicted molar refractivity (Wildman–Crippen MR) is 73.8 cm³/mol. The van der Waals surface area contributed by atoms with Crippen LogP contribution in [0, 0.1) is 0 Å². The summed E-state index contributed by atoms with van der Waals surface area (Å²) in [5.41, 5.74) is 2.04. The Balaban J connectivity index is 2.07. The third-order valence-electron chi connectivity index (χ3n) is 2.55. The van der Waals surface area contributed by atoms with Gasteiger partial charge in [0.2, 0.25) is 0 Å². The number of aromatic nitrogens is 3. The van der Waals surface area contributed by atoms with Gasteiger partial charge in [-0.2, -0.15) is 0 Å². The molecule has 2 aromatic heterocycles. The van der Waals surface area contributed by atoms with Gasteiger partial charge in [0.05, 0.1) is 30.3 Å². The topological polar surface area (TPSA) is 74.4 Å². The number of aliphatic hydroxyl groups is 2. The zero-order valence-corrected chi connectivity index (χ0v) is 11.8. The lowest BCUT2D eigenvalue weighted by Crippen LogP contribution is -2.20. The van der Waals surface area contributed by atoms with E-state index in [0.29, 0.717) is 0 Å². The maximum atomic E-state index is 9.35. The van der Waals surface area contributed by atoms with Crippen LogP contribution in [0.4, 0.5) is 0 Å². The Kier molecular flexibility index (Phi) is 4.65. The number of hydrogen-bond acceptors (Lipinski definition) is 6. The summed E-state index contributed by atoms with van der Waals surface area (Å²) in [6.07, 6.45) is 0.978. The maximum absolute atomic E-state index is 9.35. The van der Waals surface area contributed by atoms with Crippen LogP contribution in [0.15, 0.2) is 17.6 Å². The molecule has 6 nitrogen and oxygen atoms in total. The number of thiophene rings is 1. The second-order valence-electron chi connectivity index (χ2n) is 4.72. The van der Waals surface area contributed by atoms with Crippen LogP contribution in [-0.4, -0.2) is 56.9 Å². The molecule has 2 rings (SSSR count). The molecule has 0 fully saturated rings. The molecular weight excluding hydrogens is 264 g/mol. The summed E-state index contributed by atoms with van der Waals surface area (Å²) >= 11 is 1.63. The third-order valence-corrected chi connectivity index (χ3v) is 3.55. The molecule has 2 N–H and O–H groups in total. The van der Waals surface area contributed by atoms with Crippen LogP contribution in [0.3, 0.4) is 0 Å². The summed E-state index contributed by atoms with van der Waals surface area (Å²) in [4.78, 5) is 3.17. The molecule has 0 saturated carbocycles. The highest BCUT2D eigenvalue weighted by molar-refractivity contribution is 7.13. The minimum Gasteiger partial charge on any atom is -0.394 e. The summed E-state index contributed by atoms with van der Waals surface area (Å²) in [6, 6.07) is 2.10. The molecule has 0 amide bonds. The SMILES string of the molecule is CN(C)Cc1csc(-c2cn(C[C@@H](O)CO)nn2)c1. The molecule has 1 atom stereocenters. The maximum Gasteiger partial charge on any atom is 0.122 e. The predicted octanol–water partition coefficient (Wildman–Crippen LogP) is 0.421. The molecule has 0 aliphatic carbocycles. The van der Waals surface area contributed by atoms with Crippen molar-refractivity contribution in [2.75, 3.05) is 20.7 Å². The fraction of sp³-hybridized carbons (Fsp3) is 0.500. The van der Waals surface area contributed by atoms with Crippen molar-refractivity contribution in [1.82, 2.24) is 19.9 Å². The first-order valence-corrected chi connectivity index (χ1v) is 6.88. The van der Waals surface area contributed by atoms with Crippen LogP contribution in [-0.2, 0) is 13.1 Å². The Morgan fingerprint density at radius 3 is 2.95 bits per heavy atom. The zero-order chi connectivity index (χ0) is 13.8. The first-order chi connectivity index (χ1) is 9.08. The molecule has 0 unspecified atom stereocenters. The first-order valence-electron chi connectivity index (χ1n) is 6.00. The van der Waals surface area contributed by atoms with E-state index in [4.69, 9.17) is 5.11 Å². The quantitative estimate of drug-likeness (QED) is 0.803. The summed E-state index contributed by atoms with van der Waals surface area (Å²) < 4.78 is 1.54. The molecule has 7 heteroatoms. The average molecular weight is 282 g/mol. The Labute approximate surface area is 115 Å². The lowest BCUT2D eigenvalue weighted by molar-refractivity contribution is 0.0778. The molecule has 0 aliphatic rings. The fourth-order valence-corrected chi connectivity index (χ4v) is 2.59. The Bertz CT molecular complexity index is 523. The second-order valence-corrected chi connectivity index (χ2v) is 5.63. The molecule has 0 aliphatic heterocycles. The van der Waals surface area contributed by atoms with E-state index in [2.05, 4.69) is 26.7 Å². The van der Waals surface area contributed by atoms with Crippen LogP contribution in [0.1, 0.15) is 5.56 Å². The van der Waals surface area contributed by atoms with Crippen LogP contribution in [0.2, 0.25) is 0 Å². The lowest BCUT2D eigenvalue weighted by Gasteiger charge is -2.06. The number of hydrogen-bond donors (Lipinski definition) is 2. The zero-order valence-electron chi connectivity index (χ0n) is 11.0. The molecule has 2 heterocycles. The van der Waals surface area contributed by atoms with Gasteiger partial charge in [-0.15, -0.1) is 16.4 Å². The molecule has 0 bridgehead atoms. The summed E-state index contributed by atoms with van der Waals surface area (Å²) in [6.45, 7) is 0.870. The van der Waals surface area contributed by atoms with Crippen molar-refractivity contribution < 1.29 is 10.2 Å². The molecule has 0 saturated heterocycles. The number of nitrogens with zero attached hydrogens (tertiary/aromatic N) is 4. The smallest absolute Gasteiger partial charge is 0.122 e. The van der Waals surface area contributed by atoms with E-state index in [-0.39, 0.29) is 13.2 Å². The van der Waals surface area contributed by atoms with Crippen molar-refractivity contribution in [2.45, 2.75) is 19.2 Å². The lowest BCUT2D eigenvalue weighted by atomic mass is 10.2. The average Bonchev–Trinajstić information content (AvgIpc) is 2.97. The van der Waals surface area contributed by atoms with Crippen molar-refractivity contribution in [1.29, 1.82) is 0 Å². The van der Waals surface area contributed by atoms with Gasteiger partial charge in [-0.25, -0.2) is 4.68 Å². The van der Waals surface area contributed by atoms with Gasteiger partial charge in [-0.3, -0.25) is 0 Å². The summed E-state index contributed by atoms with van der Waals surface area (Å²) in [7, 11) is 4.06. The van der Waals surface area contributed by atoms with Crippen molar-refractivity contribution in [3.63, 3.8) is 0 Å². The molecule has 0 radical (unpaired) electrons. The van der Waals surface area contributed by atoms with Crippen LogP contribution >= 0.6 is 11.3 Å². The highest BCUT2D eigenvalue weighted by Crippen LogP contribution is 2.25. The highest BCUT2D eigenvalue weighted by Gasteiger charge is 2.10. The molecular formula is C12H18N4O2S. The minimum absolute atomic E-state index is 0.249.